The summed E-state index contributed by atoms with van der Waals surface area (Å²) in [5.41, 5.74) is 0.906. The van der Waals surface area contributed by atoms with Crippen molar-refractivity contribution in [3.8, 4) is 17.0 Å². The molecule has 1 N–H and O–H groups in total. The van der Waals surface area contributed by atoms with Crippen molar-refractivity contribution >= 4 is 26.6 Å². The summed E-state index contributed by atoms with van der Waals surface area (Å²) in [5, 5.41) is 2.82. The topological polar surface area (TPSA) is 91.8 Å². The van der Waals surface area contributed by atoms with Gasteiger partial charge in [-0.1, -0.05) is 48.9 Å². The molecule has 3 aliphatic rings. The zero-order valence-corrected chi connectivity index (χ0v) is 31.3. The van der Waals surface area contributed by atoms with Gasteiger partial charge in [-0.3, -0.25) is 9.69 Å². The Morgan fingerprint density at radius 1 is 0.962 bits per heavy atom. The molecule has 0 bridgehead atoms. The van der Waals surface area contributed by atoms with Crippen molar-refractivity contribution in [2.24, 2.45) is 0 Å². The highest BCUT2D eigenvalue weighted by atomic mass is 32.2. The Morgan fingerprint density at radius 3 is 2.28 bits per heavy atom. The normalized spacial score (nSPS) is 18.7. The van der Waals surface area contributed by atoms with Gasteiger partial charge in [0, 0.05) is 35.2 Å². The molecule has 1 aromatic heterocycles. The first kappa shape index (κ1) is 37.3. The molecule has 0 unspecified atom stereocenters. The zero-order chi connectivity index (χ0) is 37.5. The van der Waals surface area contributed by atoms with Gasteiger partial charge in [-0.15, -0.1) is 0 Å². The molecule has 4 aromatic rings. The molecule has 0 spiro atoms. The smallest absolute Gasteiger partial charge is 0.416 e. The second-order valence-corrected chi connectivity index (χ2v) is 17.5. The number of methoxy groups -OCH3 is 1. The second-order valence-electron chi connectivity index (χ2n) is 15.0. The third-order valence-corrected chi connectivity index (χ3v) is 13.4. The molecule has 3 heterocycles. The average molecular weight is 749 g/mol. The molecule has 2 saturated heterocycles. The molecule has 1 amide bonds. The quantitative estimate of drug-likeness (QED) is 0.176. The van der Waals surface area contributed by atoms with Crippen LogP contribution in [0.15, 0.2) is 71.6 Å². The highest BCUT2D eigenvalue weighted by molar-refractivity contribution is 7.92. The number of carbonyl (C=O) groups is 1. The van der Waals surface area contributed by atoms with Crippen LogP contribution in [0.4, 0.5) is 13.2 Å². The number of halogens is 3. The first-order valence-corrected chi connectivity index (χ1v) is 20.2. The van der Waals surface area contributed by atoms with E-state index in [9.17, 15) is 26.4 Å². The number of pyridine rings is 1. The average Bonchev–Trinajstić information content (AvgIpc) is 3.95. The standard InChI is InChI=1S/C41H47F3N4O4S/c1-27(2)53(50,51)36-24-32-34(25-35(36)52-3)45-38(28-11-10-14-30(23-28)41(42,43)44)33(26-47-21-15-31(16-22-47)48-19-8-5-9-20-48)37(32)39(49)46-40(17-18-40)29-12-6-4-7-13-29/h4,6-7,10-14,23-25,27,31H,5,8-9,15-22,26H2,1-3H3,(H,46,49). The molecule has 8 nitrogen and oxygen atoms in total. The van der Waals surface area contributed by atoms with E-state index in [1.807, 2.05) is 30.3 Å². The van der Waals surface area contributed by atoms with Crippen LogP contribution >= 0.6 is 0 Å². The number of likely N-dealkylation sites (tertiary alicyclic amines) is 2. The number of sulfone groups is 1. The van der Waals surface area contributed by atoms with E-state index in [0.29, 0.717) is 29.8 Å². The molecule has 3 aromatic carbocycles. The van der Waals surface area contributed by atoms with Crippen molar-refractivity contribution in [1.29, 1.82) is 0 Å². The maximum atomic E-state index is 14.9. The highest BCUT2D eigenvalue weighted by Gasteiger charge is 2.46. The van der Waals surface area contributed by atoms with Crippen LogP contribution in [0, 0.1) is 0 Å². The maximum absolute atomic E-state index is 14.9. The van der Waals surface area contributed by atoms with Gasteiger partial charge in [-0.05, 0) is 102 Å². The van der Waals surface area contributed by atoms with E-state index in [-0.39, 0.29) is 39.5 Å². The number of nitrogens with zero attached hydrogens (tertiary/aromatic N) is 3. The van der Waals surface area contributed by atoms with Crippen molar-refractivity contribution < 1.29 is 31.1 Å². The molecule has 282 valence electrons. The summed E-state index contributed by atoms with van der Waals surface area (Å²) in [6.07, 6.45) is 2.36. The van der Waals surface area contributed by atoms with Crippen molar-refractivity contribution in [3.05, 3.63) is 89.0 Å². The van der Waals surface area contributed by atoms with Crippen LogP contribution < -0.4 is 10.1 Å². The number of hydrogen-bond acceptors (Lipinski definition) is 7. The summed E-state index contributed by atoms with van der Waals surface area (Å²) in [6, 6.07) is 18.1. The molecule has 0 atom stereocenters. The molecule has 0 radical (unpaired) electrons. The Balaban J connectivity index is 1.42. The van der Waals surface area contributed by atoms with E-state index in [0.717, 1.165) is 56.7 Å². The number of piperidine rings is 2. The Hall–Kier alpha value is -4.00. The lowest BCUT2D eigenvalue weighted by molar-refractivity contribution is -0.137. The molecule has 7 rings (SSSR count). The van der Waals surface area contributed by atoms with E-state index in [2.05, 4.69) is 15.1 Å². The van der Waals surface area contributed by atoms with Crippen LogP contribution in [0.1, 0.15) is 85.8 Å². The third kappa shape index (κ3) is 7.55. The van der Waals surface area contributed by atoms with Gasteiger partial charge in [-0.25, -0.2) is 13.4 Å². The number of benzene rings is 3. The van der Waals surface area contributed by atoms with Crippen molar-refractivity contribution in [1.82, 2.24) is 20.1 Å². The fourth-order valence-corrected chi connectivity index (χ4v) is 9.25. The number of amides is 1. The van der Waals surface area contributed by atoms with E-state index < -0.39 is 38.3 Å². The number of carbonyl (C=O) groups excluding carboxylic acids is 1. The van der Waals surface area contributed by atoms with Gasteiger partial charge >= 0.3 is 6.18 Å². The summed E-state index contributed by atoms with van der Waals surface area (Å²) in [5.74, 6) is -0.376. The fraction of sp³-hybridized carbons (Fsp3) is 0.463. The van der Waals surface area contributed by atoms with Gasteiger partial charge in [0.15, 0.2) is 9.84 Å². The van der Waals surface area contributed by atoms with Gasteiger partial charge in [0.25, 0.3) is 5.91 Å². The Bertz CT molecular complexity index is 2090. The zero-order valence-electron chi connectivity index (χ0n) is 30.5. The van der Waals surface area contributed by atoms with Gasteiger partial charge in [-0.2, -0.15) is 13.2 Å². The molecule has 1 saturated carbocycles. The third-order valence-electron chi connectivity index (χ3n) is 11.3. The monoisotopic (exact) mass is 748 g/mol. The Morgan fingerprint density at radius 2 is 1.66 bits per heavy atom. The van der Waals surface area contributed by atoms with Crippen LogP contribution in [0.2, 0.25) is 0 Å². The van der Waals surface area contributed by atoms with Crippen LogP contribution in [0.5, 0.6) is 5.75 Å². The SMILES string of the molecule is COc1cc2nc(-c3cccc(C(F)(F)F)c3)c(CN3CCC(N4CCCCC4)CC3)c(C(=O)NC3(c4ccccc4)CC3)c2cc1S(=O)(=O)C(C)C. The lowest BCUT2D eigenvalue weighted by atomic mass is 9.93. The fourth-order valence-electron chi connectivity index (χ4n) is 8.04. The molecule has 1 aliphatic carbocycles. The molecular formula is C41H47F3N4O4S. The molecule has 12 heteroatoms. The summed E-state index contributed by atoms with van der Waals surface area (Å²) in [4.78, 5) is 24.7. The number of fused-ring (bicyclic) bond motifs is 1. The van der Waals surface area contributed by atoms with Gasteiger partial charge < -0.3 is 15.0 Å². The van der Waals surface area contributed by atoms with Crippen LogP contribution in [-0.2, 0) is 28.1 Å². The molecule has 2 aliphatic heterocycles. The Labute approximate surface area is 309 Å². The highest BCUT2D eigenvalue weighted by Crippen LogP contribution is 2.46. The molecule has 3 fully saturated rings. The van der Waals surface area contributed by atoms with Crippen molar-refractivity contribution in [3.63, 3.8) is 0 Å². The van der Waals surface area contributed by atoms with E-state index in [1.165, 1.54) is 44.6 Å². The summed E-state index contributed by atoms with van der Waals surface area (Å²) >= 11 is 0. The predicted molar refractivity (Wildman–Crippen MR) is 200 cm³/mol. The minimum absolute atomic E-state index is 0.0514. The first-order valence-electron chi connectivity index (χ1n) is 18.6. The predicted octanol–water partition coefficient (Wildman–Crippen LogP) is 7.98. The second kappa shape index (κ2) is 14.7. The van der Waals surface area contributed by atoms with Gasteiger partial charge in [0.1, 0.15) is 10.6 Å². The number of alkyl halides is 3. The minimum Gasteiger partial charge on any atom is -0.495 e. The molecule has 53 heavy (non-hydrogen) atoms. The van der Waals surface area contributed by atoms with Crippen molar-refractivity contribution in [2.45, 2.75) is 93.2 Å². The van der Waals surface area contributed by atoms with Crippen molar-refractivity contribution in [2.75, 3.05) is 33.3 Å². The van der Waals surface area contributed by atoms with Crippen LogP contribution in [0.25, 0.3) is 22.2 Å². The summed E-state index contributed by atoms with van der Waals surface area (Å²) in [6.45, 7) is 7.09. The maximum Gasteiger partial charge on any atom is 0.416 e. The lowest BCUT2D eigenvalue weighted by Gasteiger charge is -2.40. The van der Waals surface area contributed by atoms with Crippen LogP contribution in [-0.4, -0.2) is 73.7 Å². The summed E-state index contributed by atoms with van der Waals surface area (Å²) < 4.78 is 75.4. The van der Waals surface area contributed by atoms with Gasteiger partial charge in [0.2, 0.25) is 0 Å². The summed E-state index contributed by atoms with van der Waals surface area (Å²) in [7, 11) is -2.52. The largest absolute Gasteiger partial charge is 0.495 e. The first-order chi connectivity index (χ1) is 25.3. The van der Waals surface area contributed by atoms with E-state index in [4.69, 9.17) is 9.72 Å². The van der Waals surface area contributed by atoms with E-state index >= 15 is 0 Å². The number of nitrogens with one attached hydrogen (secondary N) is 1. The Kier molecular flexibility index (Phi) is 10.3. The van der Waals surface area contributed by atoms with E-state index in [1.54, 1.807) is 19.9 Å². The molecular weight excluding hydrogens is 702 g/mol. The minimum atomic E-state index is -4.60. The number of rotatable bonds is 10. The number of aromatic nitrogens is 1. The van der Waals surface area contributed by atoms with Crippen LogP contribution in [0.3, 0.4) is 0 Å². The lowest BCUT2D eigenvalue weighted by Crippen LogP contribution is -2.46. The van der Waals surface area contributed by atoms with Gasteiger partial charge in [0.05, 0.1) is 40.2 Å². The number of ether oxygens (including phenoxy) is 1. The number of hydrogen-bond donors (Lipinski definition) is 1.